The third-order valence-corrected chi connectivity index (χ3v) is 4.78. The van der Waals surface area contributed by atoms with Crippen LogP contribution in [0.2, 0.25) is 10.0 Å². The number of rotatable bonds is 6. The maximum absolute atomic E-state index is 12.1. The molecular weight excluding hydrogens is 375 g/mol. The molecule has 0 saturated carbocycles. The van der Waals surface area contributed by atoms with Gasteiger partial charge in [0.1, 0.15) is 12.4 Å². The van der Waals surface area contributed by atoms with Gasteiger partial charge in [0.15, 0.2) is 0 Å². The highest BCUT2D eigenvalue weighted by molar-refractivity contribution is 6.35. The molecule has 0 unspecified atom stereocenters. The van der Waals surface area contributed by atoms with Gasteiger partial charge in [-0.3, -0.25) is 9.59 Å². The second kappa shape index (κ2) is 8.43. The first-order valence-electron chi connectivity index (χ1n) is 8.26. The lowest BCUT2D eigenvalue weighted by Crippen LogP contribution is -2.33. The van der Waals surface area contributed by atoms with Crippen LogP contribution in [-0.4, -0.2) is 29.8 Å². The van der Waals surface area contributed by atoms with Crippen LogP contribution in [0.15, 0.2) is 42.5 Å². The molecule has 26 heavy (non-hydrogen) atoms. The highest BCUT2D eigenvalue weighted by Gasteiger charge is 2.22. The van der Waals surface area contributed by atoms with Gasteiger partial charge < -0.3 is 15.0 Å². The van der Waals surface area contributed by atoms with E-state index in [0.29, 0.717) is 40.0 Å². The summed E-state index contributed by atoms with van der Waals surface area (Å²) in [5.41, 5.74) is 1.31. The Balaban J connectivity index is 1.59. The number of carbonyl (C=O) groups is 2. The van der Waals surface area contributed by atoms with Gasteiger partial charge in [0, 0.05) is 40.3 Å². The summed E-state index contributed by atoms with van der Waals surface area (Å²) in [6, 6.07) is 12.3. The zero-order valence-corrected chi connectivity index (χ0v) is 15.5. The fourth-order valence-electron chi connectivity index (χ4n) is 2.73. The van der Waals surface area contributed by atoms with Gasteiger partial charge in [-0.05, 0) is 30.7 Å². The summed E-state index contributed by atoms with van der Waals surface area (Å²) in [5, 5.41) is 3.86. The molecule has 0 bridgehead atoms. The number of nitrogens with zero attached hydrogens (tertiary/aromatic N) is 1. The van der Waals surface area contributed by atoms with Gasteiger partial charge >= 0.3 is 0 Å². The predicted molar refractivity (Wildman–Crippen MR) is 102 cm³/mol. The van der Waals surface area contributed by atoms with E-state index in [4.69, 9.17) is 27.9 Å². The molecule has 136 valence electrons. The van der Waals surface area contributed by atoms with E-state index in [1.54, 1.807) is 47.4 Å². The Hall–Kier alpha value is -2.24. The number of anilines is 1. The molecule has 0 spiro atoms. The normalized spacial score (nSPS) is 13.8. The highest BCUT2D eigenvalue weighted by Crippen LogP contribution is 2.26. The summed E-state index contributed by atoms with van der Waals surface area (Å²) in [5.74, 6) is 0.372. The molecule has 2 amide bonds. The van der Waals surface area contributed by atoms with E-state index in [1.807, 2.05) is 0 Å². The molecule has 1 saturated heterocycles. The minimum Gasteiger partial charge on any atom is -0.489 e. The topological polar surface area (TPSA) is 58.6 Å². The Morgan fingerprint density at radius 2 is 1.88 bits per heavy atom. The molecule has 7 heteroatoms. The molecule has 1 fully saturated rings. The Kier molecular flexibility index (Phi) is 6.01. The minimum absolute atomic E-state index is 0.0221. The van der Waals surface area contributed by atoms with Crippen molar-refractivity contribution in [3.8, 4) is 5.75 Å². The zero-order valence-electron chi connectivity index (χ0n) is 14.0. The fraction of sp³-hybridized carbons (Fsp3) is 0.263. The van der Waals surface area contributed by atoms with Crippen LogP contribution in [0, 0.1) is 0 Å². The van der Waals surface area contributed by atoms with Crippen molar-refractivity contribution in [1.29, 1.82) is 0 Å². The molecule has 1 heterocycles. The van der Waals surface area contributed by atoms with Crippen LogP contribution in [0.1, 0.15) is 18.4 Å². The number of hydrogen-bond donors (Lipinski definition) is 1. The molecule has 5 nitrogen and oxygen atoms in total. The van der Waals surface area contributed by atoms with Crippen molar-refractivity contribution >= 4 is 40.7 Å². The molecule has 1 aliphatic rings. The summed E-state index contributed by atoms with van der Waals surface area (Å²) in [6.45, 7) is 0.922. The summed E-state index contributed by atoms with van der Waals surface area (Å²) in [7, 11) is 0. The Morgan fingerprint density at radius 3 is 2.58 bits per heavy atom. The lowest BCUT2D eigenvalue weighted by Gasteiger charge is -2.15. The van der Waals surface area contributed by atoms with Crippen molar-refractivity contribution in [3.63, 3.8) is 0 Å². The molecule has 1 aliphatic heterocycles. The number of halogens is 2. The van der Waals surface area contributed by atoms with E-state index in [1.165, 1.54) is 0 Å². The summed E-state index contributed by atoms with van der Waals surface area (Å²) < 4.78 is 5.74. The molecule has 0 radical (unpaired) electrons. The summed E-state index contributed by atoms with van der Waals surface area (Å²) >= 11 is 12.3. The van der Waals surface area contributed by atoms with E-state index in [2.05, 4.69) is 5.32 Å². The number of hydrogen-bond acceptors (Lipinski definition) is 3. The van der Waals surface area contributed by atoms with Crippen LogP contribution in [0.25, 0.3) is 0 Å². The summed E-state index contributed by atoms with van der Waals surface area (Å²) in [4.78, 5) is 25.3. The highest BCUT2D eigenvalue weighted by atomic mass is 35.5. The quantitative estimate of drug-likeness (QED) is 0.803. The third kappa shape index (κ3) is 4.68. The minimum atomic E-state index is -0.230. The molecular formula is C19H18Cl2N2O3. The van der Waals surface area contributed by atoms with Crippen molar-refractivity contribution in [3.05, 3.63) is 58.1 Å². The third-order valence-electron chi connectivity index (χ3n) is 4.07. The molecule has 0 aromatic heterocycles. The van der Waals surface area contributed by atoms with Gasteiger partial charge in [-0.1, -0.05) is 35.3 Å². The van der Waals surface area contributed by atoms with E-state index in [9.17, 15) is 9.59 Å². The maximum atomic E-state index is 12.1. The smallest absolute Gasteiger partial charge is 0.243 e. The van der Waals surface area contributed by atoms with Crippen molar-refractivity contribution < 1.29 is 14.3 Å². The Labute approximate surface area is 161 Å². The average Bonchev–Trinajstić information content (AvgIpc) is 2.99. The van der Waals surface area contributed by atoms with E-state index in [0.717, 1.165) is 6.42 Å². The molecule has 1 N–H and O–H groups in total. The molecule has 2 aromatic carbocycles. The van der Waals surface area contributed by atoms with Crippen molar-refractivity contribution in [2.45, 2.75) is 19.4 Å². The number of likely N-dealkylation sites (tertiary alicyclic amines) is 1. The lowest BCUT2D eigenvalue weighted by molar-refractivity contribution is -0.131. The van der Waals surface area contributed by atoms with Gasteiger partial charge in [0.2, 0.25) is 11.8 Å². The van der Waals surface area contributed by atoms with Gasteiger partial charge in [-0.15, -0.1) is 0 Å². The van der Waals surface area contributed by atoms with Crippen LogP contribution in [0.3, 0.4) is 0 Å². The second-order valence-electron chi connectivity index (χ2n) is 5.98. The Morgan fingerprint density at radius 1 is 1.15 bits per heavy atom. The number of nitrogens with one attached hydrogen (secondary N) is 1. The largest absolute Gasteiger partial charge is 0.489 e. The van der Waals surface area contributed by atoms with Crippen LogP contribution >= 0.6 is 23.2 Å². The first-order chi connectivity index (χ1) is 12.5. The molecule has 0 aliphatic carbocycles. The molecule has 3 rings (SSSR count). The fourth-order valence-corrected chi connectivity index (χ4v) is 3.24. The second-order valence-corrected chi connectivity index (χ2v) is 6.80. The van der Waals surface area contributed by atoms with Gasteiger partial charge in [-0.2, -0.15) is 0 Å². The monoisotopic (exact) mass is 392 g/mol. The standard InChI is InChI=1S/C19H18Cl2N2O3/c20-16-6-2-7-17(21)15(16)12-26-14-5-1-4-13(10-14)22-18(24)11-23-9-3-8-19(23)25/h1-2,4-7,10H,3,8-9,11-12H2,(H,22,24). The predicted octanol–water partition coefficient (Wildman–Crippen LogP) is 4.13. The van der Waals surface area contributed by atoms with E-state index >= 15 is 0 Å². The average molecular weight is 393 g/mol. The van der Waals surface area contributed by atoms with E-state index < -0.39 is 0 Å². The summed E-state index contributed by atoms with van der Waals surface area (Å²) in [6.07, 6.45) is 1.32. The number of benzene rings is 2. The van der Waals surface area contributed by atoms with Crippen LogP contribution < -0.4 is 10.1 Å². The van der Waals surface area contributed by atoms with Crippen LogP contribution in [-0.2, 0) is 16.2 Å². The van der Waals surface area contributed by atoms with Crippen molar-refractivity contribution in [1.82, 2.24) is 4.90 Å². The maximum Gasteiger partial charge on any atom is 0.243 e. The first kappa shape index (κ1) is 18.5. The number of ether oxygens (including phenoxy) is 1. The zero-order chi connectivity index (χ0) is 18.5. The van der Waals surface area contributed by atoms with Crippen LogP contribution in [0.5, 0.6) is 5.75 Å². The van der Waals surface area contributed by atoms with Gasteiger partial charge in [-0.25, -0.2) is 0 Å². The number of amides is 2. The van der Waals surface area contributed by atoms with E-state index in [-0.39, 0.29) is 25.0 Å². The SMILES string of the molecule is O=C(CN1CCCC1=O)Nc1cccc(OCc2c(Cl)cccc2Cl)c1. The number of carbonyl (C=O) groups excluding carboxylic acids is 2. The Bertz CT molecular complexity index is 806. The lowest BCUT2D eigenvalue weighted by atomic mass is 10.2. The first-order valence-corrected chi connectivity index (χ1v) is 9.02. The van der Waals surface area contributed by atoms with Crippen LogP contribution in [0.4, 0.5) is 5.69 Å². The van der Waals surface area contributed by atoms with Crippen molar-refractivity contribution in [2.75, 3.05) is 18.4 Å². The molecule has 2 aromatic rings. The van der Waals surface area contributed by atoms with Gasteiger partial charge in [0.25, 0.3) is 0 Å². The van der Waals surface area contributed by atoms with Gasteiger partial charge in [0.05, 0.1) is 6.54 Å². The molecule has 0 atom stereocenters. The van der Waals surface area contributed by atoms with Crippen molar-refractivity contribution in [2.24, 2.45) is 0 Å².